The Labute approximate surface area is 117 Å². The Hall–Kier alpha value is -1.57. The van der Waals surface area contributed by atoms with Crippen molar-refractivity contribution in [3.63, 3.8) is 0 Å². The van der Waals surface area contributed by atoms with E-state index in [2.05, 4.69) is 4.85 Å². The van der Waals surface area contributed by atoms with E-state index < -0.39 is 18.0 Å². The van der Waals surface area contributed by atoms with Gasteiger partial charge in [0.05, 0.1) is 23.6 Å². The van der Waals surface area contributed by atoms with E-state index in [1.165, 1.54) is 6.92 Å². The molecule has 1 rings (SSSR count). The summed E-state index contributed by atoms with van der Waals surface area (Å²) in [7, 11) is 0. The lowest BCUT2D eigenvalue weighted by Gasteiger charge is -2.18. The maximum absolute atomic E-state index is 11.1. The van der Waals surface area contributed by atoms with Gasteiger partial charge in [0.1, 0.15) is 0 Å². The van der Waals surface area contributed by atoms with Crippen molar-refractivity contribution in [2.75, 3.05) is 0 Å². The molecule has 0 aliphatic rings. The fourth-order valence-electron chi connectivity index (χ4n) is 2.01. The number of benzene rings is 1. The monoisotopic (exact) mass is 281 g/mol. The molecule has 1 aromatic carbocycles. The molecule has 0 radical (unpaired) electrons. The van der Waals surface area contributed by atoms with Crippen molar-refractivity contribution < 1.29 is 15.0 Å². The second kappa shape index (κ2) is 6.55. The fraction of sp³-hybridized carbons (Fsp3) is 0.429. The van der Waals surface area contributed by atoms with Crippen molar-refractivity contribution in [1.82, 2.24) is 0 Å². The minimum Gasteiger partial charge on any atom is -0.481 e. The first kappa shape index (κ1) is 15.5. The van der Waals surface area contributed by atoms with Crippen LogP contribution in [0.5, 0.6) is 0 Å². The highest BCUT2D eigenvalue weighted by Crippen LogP contribution is 2.33. The molecule has 0 fully saturated rings. The summed E-state index contributed by atoms with van der Waals surface area (Å²) < 4.78 is 0. The molecule has 2 N–H and O–H groups in total. The van der Waals surface area contributed by atoms with Gasteiger partial charge in [0, 0.05) is 0 Å². The van der Waals surface area contributed by atoms with Crippen LogP contribution in [-0.2, 0) is 17.6 Å². The van der Waals surface area contributed by atoms with Crippen molar-refractivity contribution in [1.29, 1.82) is 0 Å². The Kier molecular flexibility index (Phi) is 5.34. The largest absolute Gasteiger partial charge is 0.481 e. The van der Waals surface area contributed by atoms with E-state index in [4.69, 9.17) is 23.3 Å². The Morgan fingerprint density at radius 3 is 2.58 bits per heavy atom. The quantitative estimate of drug-likeness (QED) is 0.815. The van der Waals surface area contributed by atoms with Crippen LogP contribution < -0.4 is 0 Å². The molecule has 0 amide bonds. The summed E-state index contributed by atoms with van der Waals surface area (Å²) in [6, 6.07) is 3.31. The number of hydrogen-bond acceptors (Lipinski definition) is 2. The standard InChI is InChI=1S/C14H16ClNO3/c1-4-10-9(5-6-12(16-3)13(10)15)7-11(8(2)17)14(18)19/h5-6,8,11,17H,4,7H2,1-2H3,(H,18,19)/t8-,11-/m1/s1. The molecule has 0 aliphatic heterocycles. The molecule has 0 saturated heterocycles. The van der Waals surface area contributed by atoms with E-state index in [0.29, 0.717) is 17.1 Å². The van der Waals surface area contributed by atoms with Gasteiger partial charge < -0.3 is 10.2 Å². The third-order valence-electron chi connectivity index (χ3n) is 3.13. The highest BCUT2D eigenvalue weighted by Gasteiger charge is 2.25. The SMILES string of the molecule is [C-]#[N+]c1ccc(C[C@@H](C(=O)O)[C@@H](C)O)c(CC)c1Cl. The van der Waals surface area contributed by atoms with Gasteiger partial charge in [-0.05, 0) is 30.9 Å². The summed E-state index contributed by atoms with van der Waals surface area (Å²) in [5, 5.41) is 19.0. The Balaban J connectivity index is 3.18. The number of carboxylic acid groups (broad SMARTS) is 1. The van der Waals surface area contributed by atoms with Crippen LogP contribution in [0.3, 0.4) is 0 Å². The van der Waals surface area contributed by atoms with Gasteiger partial charge in [0.25, 0.3) is 0 Å². The molecule has 0 saturated carbocycles. The molecule has 0 heterocycles. The number of carboxylic acids is 1. The molecule has 1 aromatic rings. The number of hydrogen-bond donors (Lipinski definition) is 2. The average molecular weight is 282 g/mol. The number of nitrogens with zero attached hydrogens (tertiary/aromatic N) is 1. The molecule has 0 aromatic heterocycles. The first-order chi connectivity index (χ1) is 8.92. The van der Waals surface area contributed by atoms with Gasteiger partial charge in [-0.15, -0.1) is 0 Å². The van der Waals surface area contributed by atoms with Gasteiger partial charge in [0.2, 0.25) is 5.69 Å². The number of aliphatic carboxylic acids is 1. The molecule has 0 bridgehead atoms. The summed E-state index contributed by atoms with van der Waals surface area (Å²) >= 11 is 6.13. The van der Waals surface area contributed by atoms with E-state index in [9.17, 15) is 9.90 Å². The topological polar surface area (TPSA) is 61.9 Å². The fourth-order valence-corrected chi connectivity index (χ4v) is 2.37. The van der Waals surface area contributed by atoms with Gasteiger partial charge in [0.15, 0.2) is 0 Å². The second-order valence-electron chi connectivity index (χ2n) is 4.39. The van der Waals surface area contributed by atoms with E-state index >= 15 is 0 Å². The number of aliphatic hydroxyl groups excluding tert-OH is 1. The summed E-state index contributed by atoms with van der Waals surface area (Å²) in [6.07, 6.45) is -0.126. The lowest BCUT2D eigenvalue weighted by Crippen LogP contribution is -2.28. The summed E-state index contributed by atoms with van der Waals surface area (Å²) in [6.45, 7) is 10.4. The molecular formula is C14H16ClNO3. The Bertz CT molecular complexity index is 520. The predicted octanol–water partition coefficient (Wildman–Crippen LogP) is 3.08. The van der Waals surface area contributed by atoms with Crippen molar-refractivity contribution in [3.8, 4) is 0 Å². The molecule has 5 heteroatoms. The lowest BCUT2D eigenvalue weighted by molar-refractivity contribution is -0.145. The maximum atomic E-state index is 11.1. The Morgan fingerprint density at radius 2 is 2.16 bits per heavy atom. The molecule has 4 nitrogen and oxygen atoms in total. The minimum absolute atomic E-state index is 0.203. The molecule has 102 valence electrons. The van der Waals surface area contributed by atoms with Crippen LogP contribution in [-0.4, -0.2) is 22.3 Å². The summed E-state index contributed by atoms with van der Waals surface area (Å²) in [5.74, 6) is -1.91. The third-order valence-corrected chi connectivity index (χ3v) is 3.55. The molecule has 0 unspecified atom stereocenters. The van der Waals surface area contributed by atoms with Crippen molar-refractivity contribution in [2.24, 2.45) is 5.92 Å². The molecule has 2 atom stereocenters. The van der Waals surface area contributed by atoms with Crippen molar-refractivity contribution in [2.45, 2.75) is 32.8 Å². The number of halogens is 1. The highest BCUT2D eigenvalue weighted by atomic mass is 35.5. The van der Waals surface area contributed by atoms with Crippen LogP contribution in [0.1, 0.15) is 25.0 Å². The predicted molar refractivity (Wildman–Crippen MR) is 73.6 cm³/mol. The smallest absolute Gasteiger partial charge is 0.309 e. The van der Waals surface area contributed by atoms with Crippen molar-refractivity contribution in [3.05, 3.63) is 39.7 Å². The zero-order valence-electron chi connectivity index (χ0n) is 10.9. The molecule has 19 heavy (non-hydrogen) atoms. The van der Waals surface area contributed by atoms with Gasteiger partial charge in [-0.2, -0.15) is 0 Å². The van der Waals surface area contributed by atoms with Gasteiger partial charge in [-0.25, -0.2) is 4.85 Å². The van der Waals surface area contributed by atoms with Gasteiger partial charge in [-0.3, -0.25) is 4.79 Å². The number of rotatable bonds is 5. The molecule has 0 aliphatic carbocycles. The van der Waals surface area contributed by atoms with Crippen LogP contribution in [0.15, 0.2) is 12.1 Å². The maximum Gasteiger partial charge on any atom is 0.309 e. The first-order valence-corrected chi connectivity index (χ1v) is 6.38. The summed E-state index contributed by atoms with van der Waals surface area (Å²) in [4.78, 5) is 14.4. The van der Waals surface area contributed by atoms with Crippen LogP contribution in [0, 0.1) is 12.5 Å². The number of carbonyl (C=O) groups is 1. The van der Waals surface area contributed by atoms with Crippen molar-refractivity contribution >= 4 is 23.3 Å². The average Bonchev–Trinajstić information content (AvgIpc) is 2.35. The second-order valence-corrected chi connectivity index (χ2v) is 4.77. The molecular weight excluding hydrogens is 266 g/mol. The normalized spacial score (nSPS) is 13.6. The zero-order valence-corrected chi connectivity index (χ0v) is 11.6. The van der Waals surface area contributed by atoms with Gasteiger partial charge in [-0.1, -0.05) is 30.7 Å². The zero-order chi connectivity index (χ0) is 14.6. The first-order valence-electron chi connectivity index (χ1n) is 6.00. The van der Waals surface area contributed by atoms with Gasteiger partial charge >= 0.3 is 5.97 Å². The van der Waals surface area contributed by atoms with Crippen LogP contribution in [0.2, 0.25) is 5.02 Å². The number of aliphatic hydroxyl groups is 1. The van der Waals surface area contributed by atoms with Crippen LogP contribution >= 0.6 is 11.6 Å². The van der Waals surface area contributed by atoms with E-state index in [0.717, 1.165) is 11.1 Å². The van der Waals surface area contributed by atoms with E-state index in [-0.39, 0.29) is 6.42 Å². The third kappa shape index (κ3) is 3.46. The summed E-state index contributed by atoms with van der Waals surface area (Å²) in [5.41, 5.74) is 1.92. The van der Waals surface area contributed by atoms with Crippen LogP contribution in [0.25, 0.3) is 4.85 Å². The highest BCUT2D eigenvalue weighted by molar-refractivity contribution is 6.34. The van der Waals surface area contributed by atoms with Crippen LogP contribution in [0.4, 0.5) is 5.69 Å². The molecule has 0 spiro atoms. The van der Waals surface area contributed by atoms with E-state index in [1.807, 2.05) is 6.92 Å². The Morgan fingerprint density at radius 1 is 1.53 bits per heavy atom. The van der Waals surface area contributed by atoms with E-state index in [1.54, 1.807) is 12.1 Å². The lowest BCUT2D eigenvalue weighted by atomic mass is 9.91. The minimum atomic E-state index is -1.04.